The first-order valence-electron chi connectivity index (χ1n) is 11.1. The zero-order chi connectivity index (χ0) is 22.8. The maximum Gasteiger partial charge on any atom is 0.245 e. The number of aromatic nitrogens is 6. The van der Waals surface area contributed by atoms with Gasteiger partial charge in [0.15, 0.2) is 0 Å². The molecular weight excluding hydrogens is 416 g/mol. The molecule has 33 heavy (non-hydrogen) atoms. The molecule has 2 atom stereocenters. The van der Waals surface area contributed by atoms with Crippen molar-refractivity contribution in [1.29, 1.82) is 0 Å². The fourth-order valence-corrected chi connectivity index (χ4v) is 4.61. The van der Waals surface area contributed by atoms with Crippen molar-refractivity contribution in [3.63, 3.8) is 0 Å². The average Bonchev–Trinajstić information content (AvgIpc) is 3.22. The summed E-state index contributed by atoms with van der Waals surface area (Å²) in [5.74, 6) is 2.50. The molecule has 0 radical (unpaired) electrons. The number of anilines is 2. The van der Waals surface area contributed by atoms with Crippen molar-refractivity contribution in [1.82, 2.24) is 29.5 Å². The summed E-state index contributed by atoms with van der Waals surface area (Å²) in [4.78, 5) is 36.7. The van der Waals surface area contributed by atoms with E-state index in [4.69, 9.17) is 0 Å². The quantitative estimate of drug-likeness (QED) is 0.505. The van der Waals surface area contributed by atoms with Gasteiger partial charge in [-0.1, -0.05) is 13.8 Å². The molecule has 168 valence electrons. The van der Waals surface area contributed by atoms with Gasteiger partial charge in [-0.05, 0) is 36.5 Å². The molecule has 5 heterocycles. The number of pyridine rings is 1. The zero-order valence-electron chi connectivity index (χ0n) is 18.7. The van der Waals surface area contributed by atoms with Crippen molar-refractivity contribution in [2.75, 3.05) is 23.3 Å². The van der Waals surface area contributed by atoms with Crippen LogP contribution in [0.4, 0.5) is 11.6 Å². The van der Waals surface area contributed by atoms with E-state index >= 15 is 0 Å². The van der Waals surface area contributed by atoms with Gasteiger partial charge in [-0.25, -0.2) is 15.0 Å². The highest BCUT2D eigenvalue weighted by molar-refractivity contribution is 5.92. The van der Waals surface area contributed by atoms with Gasteiger partial charge in [0, 0.05) is 43.4 Å². The molecule has 4 aromatic heterocycles. The van der Waals surface area contributed by atoms with Crippen LogP contribution in [0.15, 0.2) is 55.5 Å². The highest BCUT2D eigenvalue weighted by Crippen LogP contribution is 2.30. The second-order valence-corrected chi connectivity index (χ2v) is 8.80. The molecule has 0 bridgehead atoms. The Morgan fingerprint density at radius 1 is 1.03 bits per heavy atom. The lowest BCUT2D eigenvalue weighted by atomic mass is 9.92. The van der Waals surface area contributed by atoms with Crippen LogP contribution in [-0.4, -0.2) is 48.5 Å². The number of carbonyl (C=O) groups excluding carboxylic acids is 1. The molecule has 1 saturated heterocycles. The van der Waals surface area contributed by atoms with Crippen molar-refractivity contribution < 1.29 is 4.79 Å². The molecule has 1 amide bonds. The molecule has 1 aliphatic rings. The minimum Gasteiger partial charge on any atom is -0.355 e. The summed E-state index contributed by atoms with van der Waals surface area (Å²) in [6, 6.07) is 5.61. The van der Waals surface area contributed by atoms with Gasteiger partial charge < -0.3 is 14.8 Å². The molecule has 4 aromatic rings. The monoisotopic (exact) mass is 442 g/mol. The normalized spacial score (nSPS) is 18.4. The number of hydrogen-bond acceptors (Lipinski definition) is 7. The van der Waals surface area contributed by atoms with E-state index in [1.165, 1.54) is 6.42 Å². The van der Waals surface area contributed by atoms with E-state index in [2.05, 4.69) is 49.0 Å². The molecule has 0 saturated carbocycles. The number of nitrogens with one attached hydrogen (secondary N) is 1. The van der Waals surface area contributed by atoms with E-state index in [0.717, 1.165) is 41.2 Å². The third-order valence-corrected chi connectivity index (χ3v) is 5.91. The van der Waals surface area contributed by atoms with Gasteiger partial charge in [-0.15, -0.1) is 0 Å². The van der Waals surface area contributed by atoms with Crippen LogP contribution in [0, 0.1) is 11.8 Å². The van der Waals surface area contributed by atoms with Gasteiger partial charge in [0.05, 0.1) is 17.3 Å². The third kappa shape index (κ3) is 4.52. The second-order valence-electron chi connectivity index (χ2n) is 8.80. The van der Waals surface area contributed by atoms with Crippen LogP contribution in [0.1, 0.15) is 20.3 Å². The minimum atomic E-state index is -0.173. The molecule has 1 fully saturated rings. The maximum absolute atomic E-state index is 12.7. The fourth-order valence-electron chi connectivity index (χ4n) is 4.61. The predicted molar refractivity (Wildman–Crippen MR) is 127 cm³/mol. The molecule has 0 aliphatic carbocycles. The SMILES string of the molecule is CC1CC(C)CN(c2ncnc3c2ccn3CC(=O)Nc2ccc(-c3cnccn3)cn2)C1. The lowest BCUT2D eigenvalue weighted by Crippen LogP contribution is -2.39. The lowest BCUT2D eigenvalue weighted by molar-refractivity contribution is -0.116. The highest BCUT2D eigenvalue weighted by atomic mass is 16.2. The van der Waals surface area contributed by atoms with E-state index in [-0.39, 0.29) is 12.5 Å². The molecular formula is C24H26N8O. The van der Waals surface area contributed by atoms with Crippen LogP contribution in [0.2, 0.25) is 0 Å². The van der Waals surface area contributed by atoms with Gasteiger partial charge in [-0.3, -0.25) is 14.8 Å². The number of piperidine rings is 1. The Balaban J connectivity index is 1.30. The molecule has 9 heteroatoms. The first-order valence-corrected chi connectivity index (χ1v) is 11.1. The minimum absolute atomic E-state index is 0.139. The average molecular weight is 443 g/mol. The number of amides is 1. The Labute approximate surface area is 191 Å². The Kier molecular flexibility index (Phi) is 5.68. The maximum atomic E-state index is 12.7. The Morgan fingerprint density at radius 2 is 1.88 bits per heavy atom. The van der Waals surface area contributed by atoms with Gasteiger partial charge in [0.25, 0.3) is 0 Å². The summed E-state index contributed by atoms with van der Waals surface area (Å²) in [7, 11) is 0. The van der Waals surface area contributed by atoms with Crippen LogP contribution in [0.3, 0.4) is 0 Å². The topological polar surface area (TPSA) is 102 Å². The number of carbonyl (C=O) groups is 1. The summed E-state index contributed by atoms with van der Waals surface area (Å²) in [6.45, 7) is 6.67. The third-order valence-electron chi connectivity index (χ3n) is 5.91. The molecule has 5 rings (SSSR count). The van der Waals surface area contributed by atoms with E-state index < -0.39 is 0 Å². The molecule has 1 N–H and O–H groups in total. The standard InChI is InChI=1S/C24H26N8O/c1-16-9-17(2)13-32(12-16)24-19-5-8-31(23(19)28-15-29-24)14-22(33)30-21-4-3-18(10-27-21)20-11-25-6-7-26-20/h3-8,10-11,15-17H,9,12-14H2,1-2H3,(H,27,30,33). The fraction of sp³-hybridized carbons (Fsp3) is 0.333. The number of hydrogen-bond donors (Lipinski definition) is 1. The Hall–Kier alpha value is -3.88. The summed E-state index contributed by atoms with van der Waals surface area (Å²) < 4.78 is 1.85. The Morgan fingerprint density at radius 3 is 2.61 bits per heavy atom. The highest BCUT2D eigenvalue weighted by Gasteiger charge is 2.25. The molecule has 0 spiro atoms. The summed E-state index contributed by atoms with van der Waals surface area (Å²) in [5, 5.41) is 3.82. The molecule has 1 aliphatic heterocycles. The second kappa shape index (κ2) is 8.93. The van der Waals surface area contributed by atoms with Crippen molar-refractivity contribution in [2.45, 2.75) is 26.8 Å². The van der Waals surface area contributed by atoms with Gasteiger partial charge in [-0.2, -0.15) is 0 Å². The number of fused-ring (bicyclic) bond motifs is 1. The molecule has 9 nitrogen and oxygen atoms in total. The summed E-state index contributed by atoms with van der Waals surface area (Å²) in [5.41, 5.74) is 2.32. The van der Waals surface area contributed by atoms with E-state index in [1.54, 1.807) is 37.2 Å². The van der Waals surface area contributed by atoms with Crippen LogP contribution in [-0.2, 0) is 11.3 Å². The van der Waals surface area contributed by atoms with Gasteiger partial charge >= 0.3 is 0 Å². The van der Waals surface area contributed by atoms with Crippen molar-refractivity contribution in [3.8, 4) is 11.3 Å². The predicted octanol–water partition coefficient (Wildman–Crippen LogP) is 3.40. The first kappa shape index (κ1) is 21.0. The van der Waals surface area contributed by atoms with Crippen molar-refractivity contribution in [2.24, 2.45) is 11.8 Å². The van der Waals surface area contributed by atoms with Crippen LogP contribution in [0.25, 0.3) is 22.3 Å². The van der Waals surface area contributed by atoms with Gasteiger partial charge in [0.2, 0.25) is 5.91 Å². The number of rotatable bonds is 5. The van der Waals surface area contributed by atoms with Crippen LogP contribution >= 0.6 is 0 Å². The largest absolute Gasteiger partial charge is 0.355 e. The van der Waals surface area contributed by atoms with E-state index in [9.17, 15) is 4.79 Å². The summed E-state index contributed by atoms with van der Waals surface area (Å²) in [6.07, 6.45) is 11.3. The van der Waals surface area contributed by atoms with Crippen LogP contribution in [0.5, 0.6) is 0 Å². The zero-order valence-corrected chi connectivity index (χ0v) is 18.7. The van der Waals surface area contributed by atoms with Crippen molar-refractivity contribution >= 4 is 28.6 Å². The lowest BCUT2D eigenvalue weighted by Gasteiger charge is -2.36. The molecule has 0 aromatic carbocycles. The number of nitrogens with zero attached hydrogens (tertiary/aromatic N) is 7. The summed E-state index contributed by atoms with van der Waals surface area (Å²) >= 11 is 0. The Bertz CT molecular complexity index is 1240. The smallest absolute Gasteiger partial charge is 0.245 e. The van der Waals surface area contributed by atoms with E-state index in [0.29, 0.717) is 17.7 Å². The van der Waals surface area contributed by atoms with Crippen LogP contribution < -0.4 is 10.2 Å². The van der Waals surface area contributed by atoms with E-state index in [1.807, 2.05) is 22.9 Å². The first-order chi connectivity index (χ1) is 16.1. The van der Waals surface area contributed by atoms with Gasteiger partial charge in [0.1, 0.15) is 30.2 Å². The molecule has 2 unspecified atom stereocenters. The van der Waals surface area contributed by atoms with Crippen molar-refractivity contribution in [3.05, 3.63) is 55.5 Å².